The highest BCUT2D eigenvalue weighted by Gasteiger charge is 2.32. The molecule has 0 aromatic heterocycles. The van der Waals surface area contributed by atoms with Gasteiger partial charge >= 0.3 is 0 Å². The molecule has 0 aliphatic heterocycles. The minimum atomic E-state index is 0.232. The maximum Gasteiger partial charge on any atom is 0.156 e. The molecule has 88 valence electrons. The van der Waals surface area contributed by atoms with Gasteiger partial charge in [0.2, 0.25) is 0 Å². The maximum atomic E-state index is 11.5. The fraction of sp³-hybridized carbons (Fsp3) is 0.357. The molecule has 0 heterocycles. The Morgan fingerprint density at radius 3 is 3.00 bits per heavy atom. The Labute approximate surface area is 105 Å². The number of carbonyl (C=O) groups excluding carboxylic acids is 1. The predicted molar refractivity (Wildman–Crippen MR) is 67.4 cm³/mol. The van der Waals surface area contributed by atoms with E-state index in [1.54, 1.807) is 13.2 Å². The Morgan fingerprint density at radius 1 is 1.41 bits per heavy atom. The van der Waals surface area contributed by atoms with Gasteiger partial charge in [-0.2, -0.15) is 0 Å². The van der Waals surface area contributed by atoms with Crippen LogP contribution in [0.5, 0.6) is 5.75 Å². The van der Waals surface area contributed by atoms with Gasteiger partial charge in [0.25, 0.3) is 0 Å². The van der Waals surface area contributed by atoms with Crippen LogP contribution in [0.3, 0.4) is 0 Å². The van der Waals surface area contributed by atoms with Crippen molar-refractivity contribution < 1.29 is 9.53 Å². The van der Waals surface area contributed by atoms with E-state index >= 15 is 0 Å². The summed E-state index contributed by atoms with van der Waals surface area (Å²) in [6, 6.07) is 3.90. The molecule has 0 N–H and O–H groups in total. The molecule has 1 atom stereocenters. The molecule has 0 fully saturated rings. The number of methoxy groups -OCH3 is 1. The topological polar surface area (TPSA) is 26.3 Å². The molecular formula is C14H13ClO2. The summed E-state index contributed by atoms with van der Waals surface area (Å²) in [5.41, 5.74) is 3.44. The molecule has 3 heteroatoms. The summed E-state index contributed by atoms with van der Waals surface area (Å²) in [4.78, 5) is 11.5. The number of hydrogen-bond acceptors (Lipinski definition) is 2. The van der Waals surface area contributed by atoms with E-state index in [-0.39, 0.29) is 5.78 Å². The molecule has 1 aromatic rings. The third-order valence-electron chi connectivity index (χ3n) is 3.68. The number of benzene rings is 1. The summed E-state index contributed by atoms with van der Waals surface area (Å²) in [5, 5.41) is 0.702. The highest BCUT2D eigenvalue weighted by Crippen LogP contribution is 2.46. The molecule has 1 aromatic carbocycles. The van der Waals surface area contributed by atoms with Gasteiger partial charge in [0, 0.05) is 6.42 Å². The molecule has 0 radical (unpaired) electrons. The first-order chi connectivity index (χ1) is 8.20. The Bertz CT molecular complexity index is 531. The Balaban J connectivity index is 2.14. The quantitative estimate of drug-likeness (QED) is 0.763. The van der Waals surface area contributed by atoms with Crippen LogP contribution in [-0.2, 0) is 11.2 Å². The fourth-order valence-electron chi connectivity index (χ4n) is 2.82. The number of carbonyl (C=O) groups is 1. The monoisotopic (exact) mass is 248 g/mol. The average molecular weight is 249 g/mol. The van der Waals surface area contributed by atoms with Crippen molar-refractivity contribution in [3.63, 3.8) is 0 Å². The zero-order chi connectivity index (χ0) is 12.0. The van der Waals surface area contributed by atoms with Gasteiger partial charge in [0.1, 0.15) is 5.75 Å². The van der Waals surface area contributed by atoms with E-state index in [0.29, 0.717) is 17.4 Å². The second-order valence-electron chi connectivity index (χ2n) is 4.61. The number of halogens is 1. The number of ketones is 1. The van der Waals surface area contributed by atoms with Crippen molar-refractivity contribution in [3.05, 3.63) is 34.4 Å². The lowest BCUT2D eigenvalue weighted by Crippen LogP contribution is -2.09. The van der Waals surface area contributed by atoms with Crippen molar-refractivity contribution in [2.45, 2.75) is 19.3 Å². The van der Waals surface area contributed by atoms with Gasteiger partial charge in [-0.15, -0.1) is 0 Å². The first kappa shape index (κ1) is 10.8. The van der Waals surface area contributed by atoms with E-state index < -0.39 is 0 Å². The zero-order valence-corrected chi connectivity index (χ0v) is 10.4. The fourth-order valence-corrected chi connectivity index (χ4v) is 3.14. The van der Waals surface area contributed by atoms with Gasteiger partial charge in [-0.3, -0.25) is 4.79 Å². The van der Waals surface area contributed by atoms with E-state index in [0.717, 1.165) is 29.7 Å². The van der Waals surface area contributed by atoms with E-state index in [1.165, 1.54) is 5.57 Å². The third-order valence-corrected chi connectivity index (χ3v) is 4.10. The molecule has 0 saturated carbocycles. The van der Waals surface area contributed by atoms with Crippen molar-refractivity contribution in [1.29, 1.82) is 0 Å². The highest BCUT2D eigenvalue weighted by molar-refractivity contribution is 6.33. The minimum absolute atomic E-state index is 0.232. The summed E-state index contributed by atoms with van der Waals surface area (Å²) < 4.78 is 5.23. The first-order valence-corrected chi connectivity index (χ1v) is 6.18. The number of rotatable bonds is 1. The molecule has 2 aliphatic carbocycles. The van der Waals surface area contributed by atoms with Crippen molar-refractivity contribution in [2.24, 2.45) is 5.92 Å². The molecule has 1 unspecified atom stereocenters. The number of fused-ring (bicyclic) bond motifs is 3. The summed E-state index contributed by atoms with van der Waals surface area (Å²) in [6.45, 7) is 0. The van der Waals surface area contributed by atoms with Gasteiger partial charge < -0.3 is 4.74 Å². The summed E-state index contributed by atoms with van der Waals surface area (Å²) in [5.74, 6) is 1.42. The smallest absolute Gasteiger partial charge is 0.156 e. The van der Waals surface area contributed by atoms with Crippen LogP contribution in [0.2, 0.25) is 5.02 Å². The molecule has 0 amide bonds. The molecule has 0 bridgehead atoms. The Kier molecular flexibility index (Phi) is 2.48. The highest BCUT2D eigenvalue weighted by atomic mass is 35.5. The molecule has 2 aliphatic rings. The maximum absolute atomic E-state index is 11.5. The van der Waals surface area contributed by atoms with Crippen molar-refractivity contribution >= 4 is 23.0 Å². The van der Waals surface area contributed by atoms with Crippen molar-refractivity contribution in [1.82, 2.24) is 0 Å². The molecule has 3 rings (SSSR count). The first-order valence-electron chi connectivity index (χ1n) is 5.81. The number of ether oxygens (including phenoxy) is 1. The SMILES string of the molecule is COc1ccc2c(c1Cl)CC1CCC(=O)C=C21. The molecule has 2 nitrogen and oxygen atoms in total. The van der Waals surface area contributed by atoms with E-state index in [2.05, 4.69) is 0 Å². The summed E-state index contributed by atoms with van der Waals surface area (Å²) >= 11 is 6.32. The lowest BCUT2D eigenvalue weighted by molar-refractivity contribution is -0.115. The zero-order valence-electron chi connectivity index (χ0n) is 9.63. The van der Waals surface area contributed by atoms with Crippen LogP contribution in [0.1, 0.15) is 24.0 Å². The van der Waals surface area contributed by atoms with E-state index in [4.69, 9.17) is 16.3 Å². The van der Waals surface area contributed by atoms with Crippen LogP contribution in [0, 0.1) is 5.92 Å². The predicted octanol–water partition coefficient (Wildman–Crippen LogP) is 3.27. The molecule has 17 heavy (non-hydrogen) atoms. The largest absolute Gasteiger partial charge is 0.495 e. The van der Waals surface area contributed by atoms with Crippen LogP contribution in [-0.4, -0.2) is 12.9 Å². The normalized spacial score (nSPS) is 21.9. The number of allylic oxidation sites excluding steroid dienone is 2. The van der Waals surface area contributed by atoms with Crippen LogP contribution in [0.4, 0.5) is 0 Å². The lowest BCUT2D eigenvalue weighted by atomic mass is 9.88. The molecule has 0 saturated heterocycles. The second-order valence-corrected chi connectivity index (χ2v) is 4.99. The van der Waals surface area contributed by atoms with Crippen molar-refractivity contribution in [3.8, 4) is 5.75 Å². The van der Waals surface area contributed by atoms with Crippen LogP contribution in [0.15, 0.2) is 18.2 Å². The number of hydrogen-bond donors (Lipinski definition) is 0. The standard InChI is InChI=1S/C14H13ClO2/c1-17-13-5-4-10-11-7-9(16)3-2-8(11)6-12(10)14(13)15/h4-5,7-8H,2-3,6H2,1H3. The van der Waals surface area contributed by atoms with Gasteiger partial charge in [0.15, 0.2) is 5.78 Å². The third kappa shape index (κ3) is 1.59. The van der Waals surface area contributed by atoms with Gasteiger partial charge in [0.05, 0.1) is 12.1 Å². The van der Waals surface area contributed by atoms with E-state index in [9.17, 15) is 4.79 Å². The summed E-state index contributed by atoms with van der Waals surface area (Å²) in [6.07, 6.45) is 4.34. The van der Waals surface area contributed by atoms with Gasteiger partial charge in [-0.05, 0) is 47.6 Å². The van der Waals surface area contributed by atoms with Gasteiger partial charge in [-0.1, -0.05) is 17.7 Å². The lowest BCUT2D eigenvalue weighted by Gasteiger charge is -2.15. The van der Waals surface area contributed by atoms with Crippen LogP contribution >= 0.6 is 11.6 Å². The Hall–Kier alpha value is -1.28. The van der Waals surface area contributed by atoms with Crippen LogP contribution < -0.4 is 4.74 Å². The van der Waals surface area contributed by atoms with Crippen molar-refractivity contribution in [2.75, 3.05) is 7.11 Å². The minimum Gasteiger partial charge on any atom is -0.495 e. The van der Waals surface area contributed by atoms with Crippen LogP contribution in [0.25, 0.3) is 5.57 Å². The average Bonchev–Trinajstić information content (AvgIpc) is 2.69. The second kappa shape index (κ2) is 3.88. The van der Waals surface area contributed by atoms with E-state index in [1.807, 2.05) is 12.1 Å². The molecular weight excluding hydrogens is 236 g/mol. The Morgan fingerprint density at radius 2 is 2.24 bits per heavy atom. The molecule has 0 spiro atoms. The van der Waals surface area contributed by atoms with Gasteiger partial charge in [-0.25, -0.2) is 0 Å². The summed E-state index contributed by atoms with van der Waals surface area (Å²) in [7, 11) is 1.62.